The molecule has 4 aromatic rings. The first kappa shape index (κ1) is 29.6. The molecule has 2 heterocycles. The maximum atomic E-state index is 6.39. The highest BCUT2D eigenvalue weighted by Crippen LogP contribution is 2.39. The zero-order valence-corrected chi connectivity index (χ0v) is 26.2. The van der Waals surface area contributed by atoms with Gasteiger partial charge in [-0.05, 0) is 114 Å². The van der Waals surface area contributed by atoms with Gasteiger partial charge < -0.3 is 23.7 Å². The summed E-state index contributed by atoms with van der Waals surface area (Å²) in [7, 11) is 8.94. The Morgan fingerprint density at radius 2 is 1.41 bits per heavy atom. The van der Waals surface area contributed by atoms with E-state index < -0.39 is 0 Å². The first-order chi connectivity index (χ1) is 21.5. The van der Waals surface area contributed by atoms with Crippen LogP contribution in [0.25, 0.3) is 0 Å². The Bertz CT molecular complexity index is 1660. The van der Waals surface area contributed by atoms with Crippen molar-refractivity contribution >= 4 is 5.71 Å². The Labute approximate surface area is 260 Å². The molecule has 228 valence electrons. The molecule has 2 aliphatic rings. The van der Waals surface area contributed by atoms with Crippen molar-refractivity contribution in [2.24, 2.45) is 4.99 Å². The van der Waals surface area contributed by atoms with Gasteiger partial charge in [0.25, 0.3) is 0 Å². The number of nitrogens with zero attached hydrogens (tertiary/aromatic N) is 2. The molecule has 1 unspecified atom stereocenters. The molecule has 44 heavy (non-hydrogen) atoms. The second-order valence-corrected chi connectivity index (χ2v) is 11.4. The first-order valence-corrected chi connectivity index (χ1v) is 15.1. The van der Waals surface area contributed by atoms with Crippen molar-refractivity contribution in [3.8, 4) is 34.5 Å². The van der Waals surface area contributed by atoms with Crippen molar-refractivity contribution in [2.75, 3.05) is 48.6 Å². The summed E-state index contributed by atoms with van der Waals surface area (Å²) in [6.07, 6.45) is 3.51. The lowest BCUT2D eigenvalue weighted by Gasteiger charge is -2.35. The largest absolute Gasteiger partial charge is 0.497 e. The molecule has 4 aromatic carbocycles. The van der Waals surface area contributed by atoms with Crippen molar-refractivity contribution < 1.29 is 23.7 Å². The van der Waals surface area contributed by atoms with Gasteiger partial charge in [0.15, 0.2) is 23.0 Å². The summed E-state index contributed by atoms with van der Waals surface area (Å²) < 4.78 is 28.6. The van der Waals surface area contributed by atoms with E-state index in [2.05, 4.69) is 60.5 Å². The fourth-order valence-electron chi connectivity index (χ4n) is 6.30. The van der Waals surface area contributed by atoms with Gasteiger partial charge in [-0.1, -0.05) is 18.2 Å². The Balaban J connectivity index is 1.18. The summed E-state index contributed by atoms with van der Waals surface area (Å²) in [5, 5.41) is 0. The van der Waals surface area contributed by atoms with Crippen molar-refractivity contribution in [1.29, 1.82) is 0 Å². The van der Waals surface area contributed by atoms with Crippen LogP contribution >= 0.6 is 0 Å². The van der Waals surface area contributed by atoms with E-state index in [1.54, 1.807) is 28.4 Å². The quantitative estimate of drug-likeness (QED) is 0.200. The fourth-order valence-corrected chi connectivity index (χ4v) is 6.30. The molecule has 0 spiro atoms. The molecule has 0 saturated carbocycles. The minimum atomic E-state index is 0.246. The van der Waals surface area contributed by atoms with E-state index in [1.807, 2.05) is 24.3 Å². The van der Waals surface area contributed by atoms with E-state index in [0.717, 1.165) is 66.6 Å². The topological polar surface area (TPSA) is 61.8 Å². The Morgan fingerprint density at radius 3 is 2.16 bits per heavy atom. The van der Waals surface area contributed by atoms with Crippen LogP contribution in [0.2, 0.25) is 0 Å². The van der Waals surface area contributed by atoms with Crippen LogP contribution in [0.5, 0.6) is 34.5 Å². The third-order valence-electron chi connectivity index (χ3n) is 8.76. The highest BCUT2D eigenvalue weighted by molar-refractivity contribution is 6.04. The highest BCUT2D eigenvalue weighted by Gasteiger charge is 2.27. The fraction of sp³-hybridized carbons (Fsp3) is 0.324. The predicted octanol–water partition coefficient (Wildman–Crippen LogP) is 6.87. The van der Waals surface area contributed by atoms with Crippen LogP contribution in [-0.4, -0.2) is 59.2 Å². The number of hydrogen-bond acceptors (Lipinski definition) is 7. The van der Waals surface area contributed by atoms with Gasteiger partial charge in [-0.15, -0.1) is 0 Å². The van der Waals surface area contributed by atoms with Crippen LogP contribution in [0.15, 0.2) is 77.8 Å². The number of likely N-dealkylation sites (N-methyl/N-ethyl adjacent to an activating group) is 1. The molecule has 0 aromatic heterocycles. The summed E-state index contributed by atoms with van der Waals surface area (Å²) in [4.78, 5) is 7.28. The van der Waals surface area contributed by atoms with Gasteiger partial charge in [0.2, 0.25) is 0 Å². The zero-order chi connectivity index (χ0) is 30.6. The second-order valence-electron chi connectivity index (χ2n) is 11.4. The van der Waals surface area contributed by atoms with Crippen molar-refractivity contribution in [1.82, 2.24) is 4.90 Å². The Hall–Kier alpha value is -4.49. The summed E-state index contributed by atoms with van der Waals surface area (Å²) in [5.41, 5.74) is 8.52. The standard InChI is InChI=1S/C37H40N2O5/c1-39-17-15-27-22-35(42-4)36(43-5)23-31(27)33(39)19-24-6-9-28(10-7-24)44-37-20-25(8-13-34(37)41-3)18-32-30-12-11-29(40-2)21-26(30)14-16-38-32/h6-13,20-23,33H,14-19H2,1-5H3. The van der Waals surface area contributed by atoms with E-state index in [1.165, 1.54) is 27.8 Å². The minimum absolute atomic E-state index is 0.246. The number of rotatable bonds is 10. The number of fused-ring (bicyclic) bond motifs is 2. The SMILES string of the molecule is COc1ccc2c(c1)CCN=C2Cc1ccc(OC)c(Oc2ccc(CC3c4cc(OC)c(OC)cc4CCN3C)cc2)c1. The third kappa shape index (κ3) is 6.10. The van der Waals surface area contributed by atoms with Crippen LogP contribution in [0.4, 0.5) is 0 Å². The van der Waals surface area contributed by atoms with Gasteiger partial charge in [-0.2, -0.15) is 0 Å². The van der Waals surface area contributed by atoms with Crippen molar-refractivity contribution in [3.05, 3.63) is 106 Å². The molecule has 7 nitrogen and oxygen atoms in total. The number of methoxy groups -OCH3 is 4. The van der Waals surface area contributed by atoms with E-state index in [-0.39, 0.29) is 6.04 Å². The van der Waals surface area contributed by atoms with Gasteiger partial charge >= 0.3 is 0 Å². The maximum absolute atomic E-state index is 6.39. The van der Waals surface area contributed by atoms with Gasteiger partial charge in [-0.25, -0.2) is 0 Å². The van der Waals surface area contributed by atoms with Gasteiger partial charge in [0.05, 0.1) is 28.4 Å². The van der Waals surface area contributed by atoms with Crippen LogP contribution in [0.3, 0.4) is 0 Å². The molecule has 1 atom stereocenters. The van der Waals surface area contributed by atoms with E-state index in [9.17, 15) is 0 Å². The average molecular weight is 593 g/mol. The lowest BCUT2D eigenvalue weighted by atomic mass is 9.88. The molecule has 0 fully saturated rings. The van der Waals surface area contributed by atoms with Crippen molar-refractivity contribution in [2.45, 2.75) is 31.7 Å². The van der Waals surface area contributed by atoms with Crippen LogP contribution in [0, 0.1) is 0 Å². The van der Waals surface area contributed by atoms with E-state index in [0.29, 0.717) is 17.9 Å². The highest BCUT2D eigenvalue weighted by atomic mass is 16.5. The second kappa shape index (κ2) is 13.0. The molecule has 0 aliphatic carbocycles. The van der Waals surface area contributed by atoms with Gasteiger partial charge in [0, 0.05) is 31.3 Å². The molecular formula is C37H40N2O5. The summed E-state index contributed by atoms with van der Waals surface area (Å²) in [5.74, 6) is 4.58. The summed E-state index contributed by atoms with van der Waals surface area (Å²) in [6.45, 7) is 1.78. The minimum Gasteiger partial charge on any atom is -0.497 e. The van der Waals surface area contributed by atoms with Gasteiger partial charge in [0.1, 0.15) is 11.5 Å². The Morgan fingerprint density at radius 1 is 0.682 bits per heavy atom. The molecule has 7 heteroatoms. The van der Waals surface area contributed by atoms with Crippen LogP contribution in [0.1, 0.15) is 39.4 Å². The monoisotopic (exact) mass is 592 g/mol. The third-order valence-corrected chi connectivity index (χ3v) is 8.76. The number of benzene rings is 4. The number of hydrogen-bond donors (Lipinski definition) is 0. The lowest BCUT2D eigenvalue weighted by Crippen LogP contribution is -2.33. The lowest BCUT2D eigenvalue weighted by molar-refractivity contribution is 0.228. The smallest absolute Gasteiger partial charge is 0.169 e. The summed E-state index contributed by atoms with van der Waals surface area (Å²) >= 11 is 0. The normalized spacial score (nSPS) is 15.9. The zero-order valence-electron chi connectivity index (χ0n) is 26.2. The molecule has 6 rings (SSSR count). The molecule has 0 N–H and O–H groups in total. The molecule has 0 saturated heterocycles. The van der Waals surface area contributed by atoms with Gasteiger partial charge in [-0.3, -0.25) is 9.89 Å². The summed E-state index contributed by atoms with van der Waals surface area (Å²) in [6, 6.07) is 25.2. The molecule has 0 bridgehead atoms. The maximum Gasteiger partial charge on any atom is 0.169 e. The first-order valence-electron chi connectivity index (χ1n) is 15.1. The molecule has 0 amide bonds. The van der Waals surface area contributed by atoms with Crippen LogP contribution < -0.4 is 23.7 Å². The van der Waals surface area contributed by atoms with E-state index in [4.69, 9.17) is 28.7 Å². The van der Waals surface area contributed by atoms with Crippen molar-refractivity contribution in [3.63, 3.8) is 0 Å². The predicted molar refractivity (Wildman–Crippen MR) is 174 cm³/mol. The molecular weight excluding hydrogens is 552 g/mol. The van der Waals surface area contributed by atoms with E-state index >= 15 is 0 Å². The number of ether oxygens (including phenoxy) is 5. The number of aliphatic imine (C=N–C) groups is 1. The average Bonchev–Trinajstić information content (AvgIpc) is 3.06. The molecule has 2 aliphatic heterocycles. The van der Waals surface area contributed by atoms with Crippen LogP contribution in [-0.2, 0) is 25.7 Å². The molecule has 0 radical (unpaired) electrons. The Kier molecular flexibility index (Phi) is 8.75.